The van der Waals surface area contributed by atoms with Crippen LogP contribution in [0, 0.1) is 0 Å². The topological polar surface area (TPSA) is 113 Å². The molecule has 2 aromatic rings. The van der Waals surface area contributed by atoms with Crippen molar-refractivity contribution < 1.29 is 18.0 Å². The molecular formula is C21H25ClN4O4S. The molecule has 1 atom stereocenters. The molecule has 3 N–H and O–H groups in total. The molecule has 2 aromatic carbocycles. The van der Waals surface area contributed by atoms with Crippen LogP contribution in [-0.2, 0) is 26.0 Å². The summed E-state index contributed by atoms with van der Waals surface area (Å²) in [5.41, 5.74) is 1.16. The van der Waals surface area contributed by atoms with E-state index >= 15 is 0 Å². The summed E-state index contributed by atoms with van der Waals surface area (Å²) in [6, 6.07) is 12.7. The van der Waals surface area contributed by atoms with E-state index in [1.54, 1.807) is 24.0 Å². The summed E-state index contributed by atoms with van der Waals surface area (Å²) in [5.74, 6) is -0.257. The third-order valence-electron chi connectivity index (χ3n) is 5.32. The minimum Gasteiger partial charge on any atom is -0.340 e. The maximum atomic E-state index is 12.6. The number of anilines is 1. The average molecular weight is 465 g/mol. The van der Waals surface area contributed by atoms with Crippen LogP contribution in [0.25, 0.3) is 0 Å². The highest BCUT2D eigenvalue weighted by atomic mass is 35.5. The zero-order valence-corrected chi connectivity index (χ0v) is 18.7. The van der Waals surface area contributed by atoms with Crippen molar-refractivity contribution in [3.8, 4) is 0 Å². The number of nitrogens with two attached hydrogens (primary N) is 1. The lowest BCUT2D eigenvalue weighted by Gasteiger charge is -2.37. The van der Waals surface area contributed by atoms with Gasteiger partial charge in [-0.2, -0.15) is 0 Å². The van der Waals surface area contributed by atoms with E-state index < -0.39 is 16.1 Å². The lowest BCUT2D eigenvalue weighted by molar-refractivity contribution is -0.133. The number of primary sulfonamides is 1. The fourth-order valence-electron chi connectivity index (χ4n) is 3.44. The second-order valence-electron chi connectivity index (χ2n) is 7.42. The van der Waals surface area contributed by atoms with Crippen molar-refractivity contribution in [2.24, 2.45) is 5.14 Å². The third kappa shape index (κ3) is 6.04. The highest BCUT2D eigenvalue weighted by Gasteiger charge is 2.27. The fraction of sp³-hybridized carbons (Fsp3) is 0.333. The maximum Gasteiger partial charge on any atom is 0.241 e. The van der Waals surface area contributed by atoms with E-state index in [0.717, 1.165) is 5.56 Å². The lowest BCUT2D eigenvalue weighted by Crippen LogP contribution is -2.54. The van der Waals surface area contributed by atoms with Crippen LogP contribution in [0.3, 0.4) is 0 Å². The van der Waals surface area contributed by atoms with Crippen LogP contribution in [0.1, 0.15) is 12.5 Å². The average Bonchev–Trinajstić information content (AvgIpc) is 2.74. The van der Waals surface area contributed by atoms with Crippen LogP contribution < -0.4 is 10.5 Å². The highest BCUT2D eigenvalue weighted by Crippen LogP contribution is 2.18. The molecule has 0 spiro atoms. The molecule has 3 rings (SSSR count). The minimum absolute atomic E-state index is 0.00432. The highest BCUT2D eigenvalue weighted by molar-refractivity contribution is 7.89. The van der Waals surface area contributed by atoms with Gasteiger partial charge in [0.15, 0.2) is 0 Å². The predicted molar refractivity (Wildman–Crippen MR) is 119 cm³/mol. The van der Waals surface area contributed by atoms with Crippen LogP contribution >= 0.6 is 11.6 Å². The normalized spacial score (nSPS) is 16.0. The van der Waals surface area contributed by atoms with E-state index in [0.29, 0.717) is 36.9 Å². The van der Waals surface area contributed by atoms with Crippen molar-refractivity contribution in [3.05, 3.63) is 59.1 Å². The summed E-state index contributed by atoms with van der Waals surface area (Å²) >= 11 is 6.14. The number of hydrogen-bond acceptors (Lipinski definition) is 5. The molecular weight excluding hydrogens is 440 g/mol. The van der Waals surface area contributed by atoms with Crippen LogP contribution in [0.4, 0.5) is 5.69 Å². The zero-order valence-electron chi connectivity index (χ0n) is 17.1. The summed E-state index contributed by atoms with van der Waals surface area (Å²) in [7, 11) is -3.85. The van der Waals surface area contributed by atoms with Crippen molar-refractivity contribution in [1.82, 2.24) is 9.80 Å². The third-order valence-corrected chi connectivity index (χ3v) is 6.60. The van der Waals surface area contributed by atoms with Crippen LogP contribution in [0.5, 0.6) is 0 Å². The first-order valence-corrected chi connectivity index (χ1v) is 11.8. The number of benzene rings is 2. The van der Waals surface area contributed by atoms with Crippen LogP contribution in [0.15, 0.2) is 53.4 Å². The molecule has 166 valence electrons. The smallest absolute Gasteiger partial charge is 0.241 e. The van der Waals surface area contributed by atoms with Gasteiger partial charge in [-0.05, 0) is 36.8 Å². The number of rotatable bonds is 6. The van der Waals surface area contributed by atoms with E-state index in [4.69, 9.17) is 16.7 Å². The molecule has 2 amide bonds. The van der Waals surface area contributed by atoms with Crippen molar-refractivity contribution in [3.63, 3.8) is 0 Å². The van der Waals surface area contributed by atoms with Gasteiger partial charge < -0.3 is 10.2 Å². The van der Waals surface area contributed by atoms with E-state index in [9.17, 15) is 18.0 Å². The Morgan fingerprint density at radius 2 is 1.77 bits per heavy atom. The molecule has 1 aliphatic rings. The molecule has 1 saturated heterocycles. The van der Waals surface area contributed by atoms with Gasteiger partial charge in [-0.1, -0.05) is 35.9 Å². The molecule has 8 nitrogen and oxygen atoms in total. The Balaban J connectivity index is 1.54. The zero-order chi connectivity index (χ0) is 22.6. The van der Waals surface area contributed by atoms with Crippen molar-refractivity contribution >= 4 is 39.1 Å². The van der Waals surface area contributed by atoms with Gasteiger partial charge >= 0.3 is 0 Å². The first-order chi connectivity index (χ1) is 14.6. The van der Waals surface area contributed by atoms with Gasteiger partial charge in [0.2, 0.25) is 21.8 Å². The van der Waals surface area contributed by atoms with E-state index in [1.807, 2.05) is 23.1 Å². The number of piperazine rings is 1. The standard InChI is InChI=1S/C21H25ClN4O4S/c1-15(21(28)24-17-6-4-7-18(14-17)31(23,29)30)25-9-11-26(12-10-25)20(27)13-16-5-2-3-8-19(16)22/h2-8,14-15H,9-13H2,1H3,(H,24,28)(H2,23,29,30). The molecule has 1 fully saturated rings. The maximum absolute atomic E-state index is 12.6. The van der Waals surface area contributed by atoms with E-state index in [2.05, 4.69) is 5.32 Å². The van der Waals surface area contributed by atoms with E-state index in [-0.39, 0.29) is 23.1 Å². The summed E-state index contributed by atoms with van der Waals surface area (Å²) in [6.07, 6.45) is 0.246. The molecule has 0 aromatic heterocycles. The molecule has 0 radical (unpaired) electrons. The number of halogens is 1. The number of nitrogens with one attached hydrogen (secondary N) is 1. The molecule has 31 heavy (non-hydrogen) atoms. The van der Waals surface area contributed by atoms with Gasteiger partial charge in [-0.25, -0.2) is 13.6 Å². The minimum atomic E-state index is -3.85. The number of carbonyl (C=O) groups excluding carboxylic acids is 2. The first-order valence-electron chi connectivity index (χ1n) is 9.84. The van der Waals surface area contributed by atoms with Gasteiger partial charge in [-0.3, -0.25) is 14.5 Å². The monoisotopic (exact) mass is 464 g/mol. The molecule has 0 aliphatic carbocycles. The Bertz CT molecular complexity index is 1070. The number of sulfonamides is 1. The molecule has 0 bridgehead atoms. The number of nitrogens with zero attached hydrogens (tertiary/aromatic N) is 2. The van der Waals surface area contributed by atoms with Crippen molar-refractivity contribution in [1.29, 1.82) is 0 Å². The summed E-state index contributed by atoms with van der Waals surface area (Å²) < 4.78 is 23.0. The lowest BCUT2D eigenvalue weighted by atomic mass is 10.1. The number of carbonyl (C=O) groups is 2. The Labute approximate surface area is 187 Å². The van der Waals surface area contributed by atoms with E-state index in [1.165, 1.54) is 18.2 Å². The van der Waals surface area contributed by atoms with Crippen molar-refractivity contribution in [2.45, 2.75) is 24.3 Å². The molecule has 1 aliphatic heterocycles. The van der Waals surface area contributed by atoms with Gasteiger partial charge in [-0.15, -0.1) is 0 Å². The van der Waals surface area contributed by atoms with Gasteiger partial charge in [0.1, 0.15) is 0 Å². The molecule has 0 saturated carbocycles. The quantitative estimate of drug-likeness (QED) is 0.675. The van der Waals surface area contributed by atoms with Crippen LogP contribution in [0.2, 0.25) is 5.02 Å². The Kier molecular flexibility index (Phi) is 7.32. The summed E-state index contributed by atoms with van der Waals surface area (Å²) in [4.78, 5) is 28.9. The second-order valence-corrected chi connectivity index (χ2v) is 9.39. The van der Waals surface area contributed by atoms with Gasteiger partial charge in [0.25, 0.3) is 0 Å². The Hall–Kier alpha value is -2.46. The van der Waals surface area contributed by atoms with Crippen LogP contribution in [-0.4, -0.2) is 62.3 Å². The first kappa shape index (κ1) is 23.2. The SMILES string of the molecule is CC(C(=O)Nc1cccc(S(N)(=O)=O)c1)N1CCN(C(=O)Cc2ccccc2Cl)CC1. The Morgan fingerprint density at radius 1 is 1.10 bits per heavy atom. The fourth-order valence-corrected chi connectivity index (χ4v) is 4.20. The van der Waals surface area contributed by atoms with Crippen molar-refractivity contribution in [2.75, 3.05) is 31.5 Å². The second kappa shape index (κ2) is 9.78. The predicted octanol–water partition coefficient (Wildman–Crippen LogP) is 1.70. The molecule has 1 heterocycles. The summed E-state index contributed by atoms with van der Waals surface area (Å²) in [5, 5.41) is 8.44. The van der Waals surface area contributed by atoms with Gasteiger partial charge in [0, 0.05) is 36.9 Å². The van der Waals surface area contributed by atoms with Gasteiger partial charge in [0.05, 0.1) is 17.4 Å². The Morgan fingerprint density at radius 3 is 2.42 bits per heavy atom. The number of hydrogen-bond donors (Lipinski definition) is 2. The number of amides is 2. The molecule has 10 heteroatoms. The largest absolute Gasteiger partial charge is 0.340 e. The molecule has 1 unspecified atom stereocenters. The summed E-state index contributed by atoms with van der Waals surface area (Å²) in [6.45, 7) is 3.92.